The molecule has 1 fully saturated rings. The number of ketones is 1. The highest BCUT2D eigenvalue weighted by atomic mass is 16.5. The number of amides is 4. The van der Waals surface area contributed by atoms with Crippen molar-refractivity contribution in [3.8, 4) is 0 Å². The predicted octanol–water partition coefficient (Wildman–Crippen LogP) is 3.92. The Labute approximate surface area is 343 Å². The van der Waals surface area contributed by atoms with Gasteiger partial charge in [0.2, 0.25) is 23.6 Å². The lowest BCUT2D eigenvalue weighted by Crippen LogP contribution is -2.60. The van der Waals surface area contributed by atoms with Gasteiger partial charge in [-0.05, 0) is 56.6 Å². The molecule has 0 bridgehead atoms. The van der Waals surface area contributed by atoms with Crippen molar-refractivity contribution in [3.63, 3.8) is 0 Å². The van der Waals surface area contributed by atoms with Crippen LogP contribution in [-0.4, -0.2) is 135 Å². The highest BCUT2D eigenvalue weighted by Crippen LogP contribution is 2.31. The summed E-state index contributed by atoms with van der Waals surface area (Å²) in [6.45, 7) is 16.6. The molecule has 0 radical (unpaired) electrons. The lowest BCUT2D eigenvalue weighted by molar-refractivity contribution is -0.148. The van der Waals surface area contributed by atoms with Crippen LogP contribution in [0.3, 0.4) is 0 Å². The number of nitrogens with one attached hydrogen (secondary N) is 2. The molecule has 0 spiro atoms. The maximum absolute atomic E-state index is 14.4. The van der Waals surface area contributed by atoms with Crippen molar-refractivity contribution in [2.24, 2.45) is 35.3 Å². The third-order valence-electron chi connectivity index (χ3n) is 11.9. The third-order valence-corrected chi connectivity index (χ3v) is 11.9. The van der Waals surface area contributed by atoms with Gasteiger partial charge in [0.05, 0.1) is 36.8 Å². The van der Waals surface area contributed by atoms with Crippen LogP contribution in [0.1, 0.15) is 93.1 Å². The molecule has 324 valence electrons. The molecule has 1 aliphatic heterocycles. The zero-order valence-electron chi connectivity index (χ0n) is 37.2. The number of ether oxygens (including phenoxy) is 2. The number of nitrogens with zero attached hydrogens (tertiary/aromatic N) is 3. The molecule has 0 saturated carbocycles. The zero-order valence-corrected chi connectivity index (χ0v) is 37.2. The van der Waals surface area contributed by atoms with Crippen LogP contribution < -0.4 is 16.4 Å². The van der Waals surface area contributed by atoms with Crippen LogP contribution >= 0.6 is 0 Å². The van der Waals surface area contributed by atoms with E-state index in [1.54, 1.807) is 33.2 Å². The Bertz CT molecular complexity index is 1420. The second-order valence-corrected chi connectivity index (χ2v) is 17.1. The van der Waals surface area contributed by atoms with E-state index in [-0.39, 0.29) is 72.1 Å². The quantitative estimate of drug-likeness (QED) is 0.141. The summed E-state index contributed by atoms with van der Waals surface area (Å²) < 4.78 is 12.0. The normalized spacial score (nSPS) is 19.3. The fourth-order valence-corrected chi connectivity index (χ4v) is 8.68. The molecule has 13 heteroatoms. The van der Waals surface area contributed by atoms with E-state index in [2.05, 4.69) is 10.6 Å². The van der Waals surface area contributed by atoms with Gasteiger partial charge in [-0.3, -0.25) is 28.9 Å². The van der Waals surface area contributed by atoms with Crippen LogP contribution in [0.5, 0.6) is 0 Å². The molecule has 1 aromatic rings. The maximum Gasteiger partial charge on any atom is 0.245 e. The van der Waals surface area contributed by atoms with Crippen molar-refractivity contribution in [1.29, 1.82) is 0 Å². The van der Waals surface area contributed by atoms with Gasteiger partial charge in [0, 0.05) is 65.7 Å². The Hall–Kier alpha value is -3.39. The fourth-order valence-electron chi connectivity index (χ4n) is 8.68. The standard InChI is InChI=1S/C44H76N6O7/c1-14-29(6)40(49(11)44(55)38(27(2)3)47-43(54)39(28(4)5)48(10)26-30(7)45)36(56-12)25-37(52)50-22-18-21-34(50)41(57-13)31(8)35(51)24-33(42(53)46-9)23-32-19-16-15-17-20-32/h15-17,19-20,27-31,33-34,36,38-41H,14,18,21-26,45H2,1-13H3,(H,46,53)(H,47,54)/t29-,30+,31-,33+,34-,36+,38-,39-,40-,41+/m0/s1. The average molecular weight is 801 g/mol. The molecule has 2 rings (SSSR count). The number of methoxy groups -OCH3 is 2. The molecule has 1 aromatic carbocycles. The summed E-state index contributed by atoms with van der Waals surface area (Å²) in [6.07, 6.45) is 1.45. The molecule has 13 nitrogen and oxygen atoms in total. The fraction of sp³-hybridized carbons (Fsp3) is 0.750. The summed E-state index contributed by atoms with van der Waals surface area (Å²) >= 11 is 0. The van der Waals surface area contributed by atoms with E-state index in [1.165, 1.54) is 0 Å². The number of likely N-dealkylation sites (tertiary alicyclic amines) is 1. The van der Waals surface area contributed by atoms with Crippen LogP contribution in [0.25, 0.3) is 0 Å². The van der Waals surface area contributed by atoms with Gasteiger partial charge in [-0.25, -0.2) is 0 Å². The van der Waals surface area contributed by atoms with Crippen LogP contribution in [0.2, 0.25) is 0 Å². The molecule has 1 heterocycles. The van der Waals surface area contributed by atoms with Crippen molar-refractivity contribution in [2.45, 2.75) is 136 Å². The molecule has 0 aromatic heterocycles. The number of hydrogen-bond donors (Lipinski definition) is 3. The highest BCUT2D eigenvalue weighted by molar-refractivity contribution is 5.90. The van der Waals surface area contributed by atoms with Crippen LogP contribution in [0.15, 0.2) is 30.3 Å². The second-order valence-electron chi connectivity index (χ2n) is 17.1. The summed E-state index contributed by atoms with van der Waals surface area (Å²) in [5, 5.41) is 5.78. The average Bonchev–Trinajstić information content (AvgIpc) is 3.65. The van der Waals surface area contributed by atoms with Gasteiger partial charge in [-0.1, -0.05) is 85.2 Å². The number of benzene rings is 1. The number of likely N-dealkylation sites (N-methyl/N-ethyl adjacent to an activating group) is 2. The molecular weight excluding hydrogens is 725 g/mol. The lowest BCUT2D eigenvalue weighted by atomic mass is 9.85. The van der Waals surface area contributed by atoms with E-state index in [4.69, 9.17) is 15.2 Å². The van der Waals surface area contributed by atoms with Crippen molar-refractivity contribution in [3.05, 3.63) is 35.9 Å². The number of Topliss-reactive ketones (excluding diaryl/α,β-unsaturated/α-hetero) is 1. The van der Waals surface area contributed by atoms with Crippen LogP contribution in [0.4, 0.5) is 0 Å². The van der Waals surface area contributed by atoms with Gasteiger partial charge >= 0.3 is 0 Å². The Morgan fingerprint density at radius 1 is 0.912 bits per heavy atom. The molecule has 4 N–H and O–H groups in total. The number of carbonyl (C=O) groups is 5. The van der Waals surface area contributed by atoms with Crippen molar-refractivity contribution in [1.82, 2.24) is 25.3 Å². The molecule has 1 aliphatic rings. The van der Waals surface area contributed by atoms with Gasteiger partial charge in [0.1, 0.15) is 11.8 Å². The molecule has 4 amide bonds. The van der Waals surface area contributed by atoms with Gasteiger partial charge in [0.15, 0.2) is 0 Å². The van der Waals surface area contributed by atoms with Gasteiger partial charge in [-0.2, -0.15) is 0 Å². The molecule has 0 unspecified atom stereocenters. The Balaban J connectivity index is 2.30. The summed E-state index contributed by atoms with van der Waals surface area (Å²) in [4.78, 5) is 74.6. The van der Waals surface area contributed by atoms with E-state index < -0.39 is 42.2 Å². The van der Waals surface area contributed by atoms with Gasteiger partial charge in [-0.15, -0.1) is 0 Å². The Morgan fingerprint density at radius 2 is 1.54 bits per heavy atom. The van der Waals surface area contributed by atoms with Crippen molar-refractivity contribution >= 4 is 29.4 Å². The number of rotatable bonds is 24. The first-order valence-corrected chi connectivity index (χ1v) is 21.0. The number of nitrogens with two attached hydrogens (primary N) is 1. The summed E-state index contributed by atoms with van der Waals surface area (Å²) in [7, 11) is 8.31. The first kappa shape index (κ1) is 49.8. The summed E-state index contributed by atoms with van der Waals surface area (Å²) in [6, 6.07) is 7.43. The minimum absolute atomic E-state index is 0.0153. The topological polar surface area (TPSA) is 164 Å². The van der Waals surface area contributed by atoms with E-state index in [1.807, 2.05) is 103 Å². The first-order valence-electron chi connectivity index (χ1n) is 21.0. The van der Waals surface area contributed by atoms with Crippen LogP contribution in [0, 0.1) is 29.6 Å². The molecular formula is C44H76N6O7. The minimum Gasteiger partial charge on any atom is -0.379 e. The minimum atomic E-state index is -0.799. The van der Waals surface area contributed by atoms with E-state index >= 15 is 0 Å². The van der Waals surface area contributed by atoms with E-state index in [0.29, 0.717) is 25.9 Å². The molecule has 1 saturated heterocycles. The Kier molecular flexibility index (Phi) is 20.8. The first-order chi connectivity index (χ1) is 26.8. The molecule has 57 heavy (non-hydrogen) atoms. The largest absolute Gasteiger partial charge is 0.379 e. The monoisotopic (exact) mass is 801 g/mol. The van der Waals surface area contributed by atoms with E-state index in [9.17, 15) is 24.0 Å². The van der Waals surface area contributed by atoms with Gasteiger partial charge < -0.3 is 35.6 Å². The van der Waals surface area contributed by atoms with Crippen molar-refractivity contribution < 1.29 is 33.4 Å². The Morgan fingerprint density at radius 3 is 2.05 bits per heavy atom. The maximum atomic E-state index is 14.4. The molecule has 10 atom stereocenters. The van der Waals surface area contributed by atoms with Gasteiger partial charge in [0.25, 0.3) is 0 Å². The number of hydrogen-bond acceptors (Lipinski definition) is 9. The van der Waals surface area contributed by atoms with Crippen molar-refractivity contribution in [2.75, 3.05) is 48.5 Å². The highest BCUT2D eigenvalue weighted by Gasteiger charge is 2.43. The lowest BCUT2D eigenvalue weighted by Gasteiger charge is -2.41. The molecule has 0 aliphatic carbocycles. The number of carbonyl (C=O) groups excluding carboxylic acids is 5. The summed E-state index contributed by atoms with van der Waals surface area (Å²) in [5.74, 6) is -2.26. The third kappa shape index (κ3) is 13.9. The van der Waals surface area contributed by atoms with E-state index in [0.717, 1.165) is 18.4 Å². The second kappa shape index (κ2) is 23.9. The predicted molar refractivity (Wildman–Crippen MR) is 225 cm³/mol. The zero-order chi connectivity index (χ0) is 43.1. The SMILES string of the molecule is CC[C@H](C)[C@@H]([C@@H](CC(=O)N1CCC[C@H]1[C@H](OC)[C@@H](C)C(=O)C[C@@H](Cc1ccccc1)C(=O)NC)OC)N(C)C(=O)[C@@H](NC(=O)[C@H](C(C)C)N(C)C[C@@H](C)N)C(C)C. The van der Waals surface area contributed by atoms with Crippen LogP contribution in [-0.2, 0) is 39.9 Å². The summed E-state index contributed by atoms with van der Waals surface area (Å²) in [5.41, 5.74) is 7.03. The smallest absolute Gasteiger partial charge is 0.245 e.